The van der Waals surface area contributed by atoms with Crippen LogP contribution in [0.15, 0.2) is 0 Å². The van der Waals surface area contributed by atoms with Gasteiger partial charge < -0.3 is 10.5 Å². The number of hydrogen-bond acceptors (Lipinski definition) is 2. The topological polar surface area (TPSA) is 43.1 Å². The minimum Gasteiger partial charge on any atom is -0.319 e. The Hall–Kier alpha value is -0.370. The van der Waals surface area contributed by atoms with E-state index in [-0.39, 0.29) is 0 Å². The standard InChI is InChI=1S/C8H13NO/c9-8(5-10)4-6-2-1-3-7(6)8/h5-7H,1-4,9H2. The van der Waals surface area contributed by atoms with Gasteiger partial charge in [0.15, 0.2) is 0 Å². The third kappa shape index (κ3) is 0.601. The third-order valence-corrected chi connectivity index (χ3v) is 3.18. The summed E-state index contributed by atoms with van der Waals surface area (Å²) in [7, 11) is 0. The fourth-order valence-electron chi connectivity index (χ4n) is 2.57. The first-order valence-corrected chi connectivity index (χ1v) is 4.01. The second-order valence-corrected chi connectivity index (χ2v) is 3.73. The molecule has 10 heavy (non-hydrogen) atoms. The van der Waals surface area contributed by atoms with Crippen LogP contribution in [0.25, 0.3) is 0 Å². The van der Waals surface area contributed by atoms with Crippen molar-refractivity contribution in [2.24, 2.45) is 17.6 Å². The van der Waals surface area contributed by atoms with Crippen molar-refractivity contribution in [1.82, 2.24) is 0 Å². The Morgan fingerprint density at radius 2 is 2.30 bits per heavy atom. The van der Waals surface area contributed by atoms with Gasteiger partial charge in [0.25, 0.3) is 0 Å². The predicted octanol–water partition coefficient (Wildman–Crippen LogP) is 0.703. The summed E-state index contributed by atoms with van der Waals surface area (Å²) in [5, 5.41) is 0. The fourth-order valence-corrected chi connectivity index (χ4v) is 2.57. The van der Waals surface area contributed by atoms with Gasteiger partial charge in [0, 0.05) is 0 Å². The van der Waals surface area contributed by atoms with Crippen molar-refractivity contribution < 1.29 is 4.79 Å². The highest BCUT2D eigenvalue weighted by atomic mass is 16.1. The largest absolute Gasteiger partial charge is 0.319 e. The molecule has 3 atom stereocenters. The molecule has 2 nitrogen and oxygen atoms in total. The van der Waals surface area contributed by atoms with Crippen LogP contribution in [0.4, 0.5) is 0 Å². The molecule has 2 heteroatoms. The summed E-state index contributed by atoms with van der Waals surface area (Å²) in [6, 6.07) is 0. The summed E-state index contributed by atoms with van der Waals surface area (Å²) in [5.74, 6) is 1.32. The van der Waals surface area contributed by atoms with Crippen molar-refractivity contribution in [1.29, 1.82) is 0 Å². The second kappa shape index (κ2) is 1.82. The minimum atomic E-state index is -0.416. The molecule has 2 N–H and O–H groups in total. The zero-order valence-electron chi connectivity index (χ0n) is 6.05. The summed E-state index contributed by atoms with van der Waals surface area (Å²) in [6.07, 6.45) is 5.67. The van der Waals surface area contributed by atoms with E-state index < -0.39 is 5.54 Å². The van der Waals surface area contributed by atoms with Crippen molar-refractivity contribution in [3.63, 3.8) is 0 Å². The van der Waals surface area contributed by atoms with Crippen LogP contribution in [-0.4, -0.2) is 11.8 Å². The van der Waals surface area contributed by atoms with Gasteiger partial charge in [-0.25, -0.2) is 0 Å². The summed E-state index contributed by atoms with van der Waals surface area (Å²) >= 11 is 0. The Balaban J connectivity index is 2.12. The molecule has 0 radical (unpaired) electrons. The molecule has 0 aromatic heterocycles. The summed E-state index contributed by atoms with van der Waals surface area (Å²) in [6.45, 7) is 0. The van der Waals surface area contributed by atoms with Gasteiger partial charge in [-0.15, -0.1) is 0 Å². The van der Waals surface area contributed by atoms with Crippen LogP contribution in [0.2, 0.25) is 0 Å². The molecule has 0 aliphatic heterocycles. The average molecular weight is 139 g/mol. The minimum absolute atomic E-state index is 0.416. The summed E-state index contributed by atoms with van der Waals surface area (Å²) < 4.78 is 0. The lowest BCUT2D eigenvalue weighted by molar-refractivity contribution is -0.120. The lowest BCUT2D eigenvalue weighted by Crippen LogP contribution is -2.59. The van der Waals surface area contributed by atoms with Crippen LogP contribution in [0.1, 0.15) is 25.7 Å². The van der Waals surface area contributed by atoms with Crippen molar-refractivity contribution in [3.05, 3.63) is 0 Å². The zero-order valence-corrected chi connectivity index (χ0v) is 6.05. The first-order valence-electron chi connectivity index (χ1n) is 4.01. The number of fused-ring (bicyclic) bond motifs is 1. The molecule has 2 aliphatic rings. The van der Waals surface area contributed by atoms with E-state index >= 15 is 0 Å². The normalized spacial score (nSPS) is 51.7. The Morgan fingerprint density at radius 1 is 1.50 bits per heavy atom. The van der Waals surface area contributed by atoms with Crippen LogP contribution in [-0.2, 0) is 4.79 Å². The SMILES string of the molecule is NC1(C=O)CC2CCCC21. The van der Waals surface area contributed by atoms with E-state index in [0.29, 0.717) is 5.92 Å². The van der Waals surface area contributed by atoms with Gasteiger partial charge in [-0.3, -0.25) is 0 Å². The van der Waals surface area contributed by atoms with E-state index in [2.05, 4.69) is 0 Å². The monoisotopic (exact) mass is 139 g/mol. The highest BCUT2D eigenvalue weighted by molar-refractivity contribution is 5.67. The van der Waals surface area contributed by atoms with E-state index in [9.17, 15) is 4.79 Å². The number of rotatable bonds is 1. The number of aldehydes is 1. The molecule has 0 saturated heterocycles. The lowest BCUT2D eigenvalue weighted by atomic mass is 9.62. The molecule has 2 aliphatic carbocycles. The van der Waals surface area contributed by atoms with E-state index in [4.69, 9.17) is 5.73 Å². The van der Waals surface area contributed by atoms with Crippen molar-refractivity contribution >= 4 is 6.29 Å². The molecule has 0 bridgehead atoms. The Kier molecular flexibility index (Phi) is 1.15. The van der Waals surface area contributed by atoms with Crippen LogP contribution in [0.3, 0.4) is 0 Å². The molecule has 3 unspecified atom stereocenters. The molecule has 0 aromatic carbocycles. The van der Waals surface area contributed by atoms with Gasteiger partial charge in [0.1, 0.15) is 6.29 Å². The van der Waals surface area contributed by atoms with Crippen LogP contribution >= 0.6 is 0 Å². The quantitative estimate of drug-likeness (QED) is 0.543. The first-order chi connectivity index (χ1) is 4.76. The van der Waals surface area contributed by atoms with Crippen molar-refractivity contribution in [3.8, 4) is 0 Å². The fraction of sp³-hybridized carbons (Fsp3) is 0.875. The zero-order chi connectivity index (χ0) is 7.19. The maximum Gasteiger partial charge on any atom is 0.140 e. The van der Waals surface area contributed by atoms with Gasteiger partial charge in [-0.1, -0.05) is 12.8 Å². The molecule has 0 aromatic rings. The van der Waals surface area contributed by atoms with E-state index in [1.807, 2.05) is 0 Å². The van der Waals surface area contributed by atoms with Gasteiger partial charge in [0.2, 0.25) is 0 Å². The average Bonchev–Trinajstić information content (AvgIpc) is 2.30. The van der Waals surface area contributed by atoms with Crippen molar-refractivity contribution in [2.75, 3.05) is 0 Å². The maximum atomic E-state index is 10.5. The molecule has 0 amide bonds. The van der Waals surface area contributed by atoms with E-state index in [1.54, 1.807) is 0 Å². The van der Waals surface area contributed by atoms with Gasteiger partial charge >= 0.3 is 0 Å². The Bertz CT molecular complexity index is 169. The Labute approximate surface area is 60.8 Å². The molecular weight excluding hydrogens is 126 g/mol. The number of carbonyl (C=O) groups excluding carboxylic acids is 1. The number of nitrogens with two attached hydrogens (primary N) is 1. The summed E-state index contributed by atoms with van der Waals surface area (Å²) in [4.78, 5) is 10.5. The predicted molar refractivity (Wildman–Crippen MR) is 38.4 cm³/mol. The number of hydrogen-bond donors (Lipinski definition) is 1. The second-order valence-electron chi connectivity index (χ2n) is 3.73. The molecule has 2 saturated carbocycles. The van der Waals surface area contributed by atoms with Crippen LogP contribution in [0.5, 0.6) is 0 Å². The Morgan fingerprint density at radius 3 is 2.90 bits per heavy atom. The third-order valence-electron chi connectivity index (χ3n) is 3.18. The lowest BCUT2D eigenvalue weighted by Gasteiger charge is -2.46. The molecule has 0 spiro atoms. The molecule has 2 fully saturated rings. The summed E-state index contributed by atoms with van der Waals surface area (Å²) in [5.41, 5.74) is 5.40. The molecule has 2 rings (SSSR count). The highest BCUT2D eigenvalue weighted by Crippen LogP contribution is 2.51. The highest BCUT2D eigenvalue weighted by Gasteiger charge is 2.52. The smallest absolute Gasteiger partial charge is 0.140 e. The van der Waals surface area contributed by atoms with Crippen molar-refractivity contribution in [2.45, 2.75) is 31.2 Å². The molecule has 0 heterocycles. The molecule has 56 valence electrons. The van der Waals surface area contributed by atoms with Gasteiger partial charge in [-0.05, 0) is 24.7 Å². The number of carbonyl (C=O) groups is 1. The van der Waals surface area contributed by atoms with Crippen LogP contribution in [0, 0.1) is 11.8 Å². The van der Waals surface area contributed by atoms with Gasteiger partial charge in [-0.2, -0.15) is 0 Å². The molecular formula is C8H13NO. The van der Waals surface area contributed by atoms with Crippen LogP contribution < -0.4 is 5.73 Å². The van der Waals surface area contributed by atoms with E-state index in [1.165, 1.54) is 19.3 Å². The van der Waals surface area contributed by atoms with Gasteiger partial charge in [0.05, 0.1) is 5.54 Å². The van der Waals surface area contributed by atoms with E-state index in [0.717, 1.165) is 18.6 Å². The maximum absolute atomic E-state index is 10.5. The first kappa shape index (κ1) is 6.35.